The van der Waals surface area contributed by atoms with E-state index in [0.29, 0.717) is 36.8 Å². The molecule has 0 aliphatic carbocycles. The molecule has 1 N–H and O–H groups in total. The molecule has 3 rings (SSSR count). The Kier molecular flexibility index (Phi) is 7.96. The molecule has 0 aliphatic rings. The average molecular weight is 437 g/mol. The van der Waals surface area contributed by atoms with Crippen molar-refractivity contribution in [2.75, 3.05) is 6.61 Å². The molecule has 32 heavy (non-hydrogen) atoms. The molecule has 2 atom stereocenters. The maximum absolute atomic E-state index is 11.8. The van der Waals surface area contributed by atoms with E-state index in [2.05, 4.69) is 15.3 Å². The lowest BCUT2D eigenvalue weighted by molar-refractivity contribution is -0.139. The van der Waals surface area contributed by atoms with Gasteiger partial charge < -0.3 is 19.2 Å². The predicted octanol–water partition coefficient (Wildman–Crippen LogP) is 4.59. The molecule has 0 fully saturated rings. The summed E-state index contributed by atoms with van der Waals surface area (Å²) in [5.74, 6) is -0.729. The summed E-state index contributed by atoms with van der Waals surface area (Å²) >= 11 is 0. The Hall–Kier alpha value is -3.68. The molecule has 2 aromatic carbocycles. The van der Waals surface area contributed by atoms with Crippen LogP contribution in [0.5, 0.6) is 5.75 Å². The summed E-state index contributed by atoms with van der Waals surface area (Å²) in [6, 6.07) is 15.2. The van der Waals surface area contributed by atoms with Gasteiger partial charge in [-0.25, -0.2) is 0 Å². The fraction of sp³-hybridized carbons (Fsp3) is 0.333. The van der Waals surface area contributed by atoms with Crippen molar-refractivity contribution in [3.8, 4) is 5.75 Å². The Morgan fingerprint density at radius 3 is 2.56 bits per heavy atom. The first-order valence-electron chi connectivity index (χ1n) is 10.5. The van der Waals surface area contributed by atoms with Crippen LogP contribution < -0.4 is 4.74 Å². The number of hydrogen-bond donors (Lipinski definition) is 1. The van der Waals surface area contributed by atoms with Crippen molar-refractivity contribution >= 4 is 11.7 Å². The standard InChI is InChI=1S/C24H27N3O5/c1-4-21(27-30-5-2)20(24(28)29)14-17-9-11-19(12-10-17)31-22(23-25-15-26-32-23)18-8-6-7-16(3)13-18/h6-13,15,20,22H,4-5,14H2,1-3H3,(H,28,29)/b27-21+. The van der Waals surface area contributed by atoms with Gasteiger partial charge >= 0.3 is 5.97 Å². The number of aliphatic carboxylic acids is 1. The van der Waals surface area contributed by atoms with Gasteiger partial charge in [-0.3, -0.25) is 4.79 Å². The van der Waals surface area contributed by atoms with Gasteiger partial charge in [0.1, 0.15) is 18.3 Å². The van der Waals surface area contributed by atoms with Gasteiger partial charge in [0, 0.05) is 5.56 Å². The first-order chi connectivity index (χ1) is 15.5. The molecule has 0 saturated carbocycles. The molecule has 1 heterocycles. The zero-order valence-electron chi connectivity index (χ0n) is 18.4. The number of ether oxygens (including phenoxy) is 1. The van der Waals surface area contributed by atoms with E-state index < -0.39 is 18.0 Å². The summed E-state index contributed by atoms with van der Waals surface area (Å²) in [6.07, 6.45) is 1.59. The minimum atomic E-state index is -0.929. The van der Waals surface area contributed by atoms with Gasteiger partial charge in [-0.05, 0) is 44.4 Å². The van der Waals surface area contributed by atoms with Gasteiger partial charge in [0.25, 0.3) is 5.89 Å². The lowest BCUT2D eigenvalue weighted by atomic mass is 9.93. The Labute approximate surface area is 186 Å². The minimum absolute atomic E-state index is 0.306. The van der Waals surface area contributed by atoms with Crippen molar-refractivity contribution in [2.45, 2.75) is 39.7 Å². The molecule has 168 valence electrons. The molecule has 8 heteroatoms. The molecule has 8 nitrogen and oxygen atoms in total. The van der Waals surface area contributed by atoms with Gasteiger partial charge in [-0.1, -0.05) is 59.2 Å². The molecule has 0 saturated heterocycles. The van der Waals surface area contributed by atoms with Crippen LogP contribution in [-0.4, -0.2) is 33.5 Å². The fourth-order valence-electron chi connectivity index (χ4n) is 3.34. The third-order valence-corrected chi connectivity index (χ3v) is 4.94. The van der Waals surface area contributed by atoms with E-state index in [4.69, 9.17) is 14.1 Å². The molecule has 1 aromatic heterocycles. The highest BCUT2D eigenvalue weighted by molar-refractivity contribution is 6.01. The smallest absolute Gasteiger partial charge is 0.312 e. The Bertz CT molecular complexity index is 1030. The molecular weight excluding hydrogens is 410 g/mol. The summed E-state index contributed by atoms with van der Waals surface area (Å²) in [5, 5.41) is 17.4. The minimum Gasteiger partial charge on any atom is -0.481 e. The number of carboxylic acid groups (broad SMARTS) is 1. The van der Waals surface area contributed by atoms with Crippen molar-refractivity contribution < 1.29 is 24.0 Å². The first kappa shape index (κ1) is 23.0. The Balaban J connectivity index is 1.78. The number of hydrogen-bond acceptors (Lipinski definition) is 7. The van der Waals surface area contributed by atoms with Crippen LogP contribution in [0.25, 0.3) is 0 Å². The van der Waals surface area contributed by atoms with Gasteiger partial charge in [0.15, 0.2) is 6.33 Å². The van der Waals surface area contributed by atoms with Crippen LogP contribution in [0.15, 0.2) is 64.5 Å². The van der Waals surface area contributed by atoms with Gasteiger partial charge in [0.05, 0.1) is 5.71 Å². The maximum atomic E-state index is 11.8. The van der Waals surface area contributed by atoms with Crippen LogP contribution in [0.3, 0.4) is 0 Å². The van der Waals surface area contributed by atoms with E-state index >= 15 is 0 Å². The predicted molar refractivity (Wildman–Crippen MR) is 119 cm³/mol. The second-order valence-electron chi connectivity index (χ2n) is 7.28. The van der Waals surface area contributed by atoms with Crippen LogP contribution in [0, 0.1) is 12.8 Å². The van der Waals surface area contributed by atoms with Crippen molar-refractivity contribution in [1.82, 2.24) is 10.1 Å². The average Bonchev–Trinajstić information content (AvgIpc) is 3.32. The summed E-state index contributed by atoms with van der Waals surface area (Å²) in [4.78, 5) is 21.1. The Morgan fingerprint density at radius 2 is 1.97 bits per heavy atom. The van der Waals surface area contributed by atoms with E-state index in [9.17, 15) is 9.90 Å². The topological polar surface area (TPSA) is 107 Å². The molecule has 0 spiro atoms. The molecule has 0 aliphatic heterocycles. The van der Waals surface area contributed by atoms with Crippen molar-refractivity contribution in [3.63, 3.8) is 0 Å². The van der Waals surface area contributed by atoms with E-state index in [1.54, 1.807) is 12.1 Å². The van der Waals surface area contributed by atoms with Gasteiger partial charge in [-0.2, -0.15) is 4.98 Å². The summed E-state index contributed by atoms with van der Waals surface area (Å²) in [5.41, 5.74) is 3.35. The zero-order chi connectivity index (χ0) is 22.9. The molecule has 0 bridgehead atoms. The van der Waals surface area contributed by atoms with E-state index in [-0.39, 0.29) is 0 Å². The van der Waals surface area contributed by atoms with Crippen molar-refractivity contribution in [2.24, 2.45) is 11.1 Å². The number of carboxylic acids is 1. The van der Waals surface area contributed by atoms with Gasteiger partial charge in [-0.15, -0.1) is 0 Å². The molecule has 0 radical (unpaired) electrons. The highest BCUT2D eigenvalue weighted by Crippen LogP contribution is 2.28. The Morgan fingerprint density at radius 1 is 1.19 bits per heavy atom. The molecule has 2 unspecified atom stereocenters. The number of carbonyl (C=O) groups is 1. The van der Waals surface area contributed by atoms with Crippen molar-refractivity contribution in [3.05, 3.63) is 77.4 Å². The van der Waals surface area contributed by atoms with Crippen molar-refractivity contribution in [1.29, 1.82) is 0 Å². The first-order valence-corrected chi connectivity index (χ1v) is 10.5. The lowest BCUT2D eigenvalue weighted by Crippen LogP contribution is -2.26. The number of rotatable bonds is 11. The van der Waals surface area contributed by atoms with E-state index in [0.717, 1.165) is 16.7 Å². The summed E-state index contributed by atoms with van der Waals surface area (Å²) in [7, 11) is 0. The lowest BCUT2D eigenvalue weighted by Gasteiger charge is -2.17. The van der Waals surface area contributed by atoms with Gasteiger partial charge in [0.2, 0.25) is 6.10 Å². The second-order valence-corrected chi connectivity index (χ2v) is 7.28. The number of benzene rings is 2. The largest absolute Gasteiger partial charge is 0.481 e. The van der Waals surface area contributed by atoms with Crippen LogP contribution in [0.2, 0.25) is 0 Å². The third-order valence-electron chi connectivity index (χ3n) is 4.94. The highest BCUT2D eigenvalue weighted by atomic mass is 16.6. The van der Waals surface area contributed by atoms with E-state index in [1.807, 2.05) is 57.2 Å². The SMILES string of the molecule is CCO/N=C(\CC)C(Cc1ccc(OC(c2cccc(C)c2)c2ncno2)cc1)C(=O)O. The van der Waals surface area contributed by atoms with Crippen LogP contribution in [-0.2, 0) is 16.1 Å². The monoisotopic (exact) mass is 437 g/mol. The number of aromatic nitrogens is 2. The fourth-order valence-corrected chi connectivity index (χ4v) is 3.34. The van der Waals surface area contributed by atoms with Crippen LogP contribution in [0.4, 0.5) is 0 Å². The quantitative estimate of drug-likeness (QED) is 0.345. The number of nitrogens with zero attached hydrogens (tertiary/aromatic N) is 3. The molecule has 0 amide bonds. The molecule has 3 aromatic rings. The summed E-state index contributed by atoms with van der Waals surface area (Å²) < 4.78 is 11.4. The number of oxime groups is 1. The van der Waals surface area contributed by atoms with E-state index in [1.165, 1.54) is 6.33 Å². The van der Waals surface area contributed by atoms with Crippen LogP contribution >= 0.6 is 0 Å². The third kappa shape index (κ3) is 5.94. The number of aryl methyl sites for hydroxylation is 1. The normalized spacial score (nSPS) is 13.4. The molecular formula is C24H27N3O5. The maximum Gasteiger partial charge on any atom is 0.312 e. The van der Waals surface area contributed by atoms with Crippen LogP contribution in [0.1, 0.15) is 49.0 Å². The zero-order valence-corrected chi connectivity index (χ0v) is 18.4. The summed E-state index contributed by atoms with van der Waals surface area (Å²) in [6.45, 7) is 6.07. The second kappa shape index (κ2) is 11.1. The highest BCUT2D eigenvalue weighted by Gasteiger charge is 2.25.